The number of allylic oxidation sites excluding steroid dienone is 2. The summed E-state index contributed by atoms with van der Waals surface area (Å²) >= 11 is 0. The van der Waals surface area contributed by atoms with Crippen molar-refractivity contribution in [1.82, 2.24) is 9.47 Å². The van der Waals surface area contributed by atoms with Gasteiger partial charge in [-0.3, -0.25) is 14.5 Å². The van der Waals surface area contributed by atoms with Crippen LogP contribution in [0.3, 0.4) is 0 Å². The maximum absolute atomic E-state index is 14.0. The number of ketones is 2. The minimum atomic E-state index is -0.177. The fraction of sp³-hybridized carbons (Fsp3) is 0.400. The molecule has 3 unspecified atom stereocenters. The molecule has 0 amide bonds. The first-order valence-electron chi connectivity index (χ1n) is 13.2. The van der Waals surface area contributed by atoms with E-state index in [1.165, 1.54) is 5.69 Å². The Morgan fingerprint density at radius 2 is 1.61 bits per heavy atom. The Hall–Kier alpha value is -3.22. The van der Waals surface area contributed by atoms with Gasteiger partial charge in [-0.15, -0.1) is 0 Å². The quantitative estimate of drug-likeness (QED) is 0.593. The second-order valence-corrected chi connectivity index (χ2v) is 10.7. The molecule has 7 rings (SSSR count). The Morgan fingerprint density at radius 1 is 0.889 bits per heavy atom. The Kier molecular flexibility index (Phi) is 5.33. The Bertz CT molecular complexity index is 1380. The molecule has 0 spiro atoms. The maximum Gasteiger partial charge on any atom is 0.183 e. The van der Waals surface area contributed by atoms with Crippen molar-refractivity contribution < 1.29 is 14.3 Å². The number of para-hydroxylation sites is 2. The summed E-state index contributed by atoms with van der Waals surface area (Å²) in [4.78, 5) is 30.2. The topological polar surface area (TPSA) is 63.6 Å². The molecule has 2 aliphatic carbocycles. The van der Waals surface area contributed by atoms with E-state index in [-0.39, 0.29) is 23.4 Å². The number of benzene rings is 2. The van der Waals surface area contributed by atoms with Gasteiger partial charge < -0.3 is 14.6 Å². The number of anilines is 1. The number of ether oxygens (including phenoxy) is 1. The summed E-state index contributed by atoms with van der Waals surface area (Å²) in [5, 5.41) is 4.48. The highest BCUT2D eigenvalue weighted by Crippen LogP contribution is 2.48. The van der Waals surface area contributed by atoms with Crippen LogP contribution in [0.4, 0.5) is 5.69 Å². The monoisotopic (exact) mass is 481 g/mol. The normalized spacial score (nSPS) is 26.2. The number of rotatable bonds is 5. The number of carbonyl (C=O) groups is 2. The molecule has 1 saturated carbocycles. The zero-order valence-corrected chi connectivity index (χ0v) is 20.4. The molecule has 3 heterocycles. The molecule has 2 aliphatic heterocycles. The predicted molar refractivity (Wildman–Crippen MR) is 140 cm³/mol. The molecule has 1 N–H and O–H groups in total. The molecule has 2 aromatic carbocycles. The lowest BCUT2D eigenvalue weighted by atomic mass is 9.62. The van der Waals surface area contributed by atoms with Crippen LogP contribution in [0.2, 0.25) is 0 Å². The van der Waals surface area contributed by atoms with Crippen molar-refractivity contribution in [2.24, 2.45) is 17.8 Å². The molecule has 2 fully saturated rings. The second kappa shape index (κ2) is 8.71. The maximum atomic E-state index is 14.0. The lowest BCUT2D eigenvalue weighted by Crippen LogP contribution is -2.45. The third kappa shape index (κ3) is 3.46. The van der Waals surface area contributed by atoms with E-state index in [9.17, 15) is 9.59 Å². The van der Waals surface area contributed by atoms with E-state index in [1.807, 2.05) is 36.4 Å². The van der Waals surface area contributed by atoms with E-state index >= 15 is 0 Å². The van der Waals surface area contributed by atoms with Crippen LogP contribution in [0.15, 0.2) is 60.3 Å². The number of hydrogen-bond acceptors (Lipinski definition) is 5. The highest BCUT2D eigenvalue weighted by atomic mass is 16.5. The van der Waals surface area contributed by atoms with Crippen molar-refractivity contribution in [1.29, 1.82) is 0 Å². The standard InChI is InChI=1S/C30H31N3O3/c34-29-21-10-11-22(21)30(35)28(31-20-6-2-1-3-7-20)27(29)26-23-8-4-5-9-24(23)33-18-19(16-25(26)33)17-32-12-14-36-15-13-32/h1-9,19,21-22,31H,10-18H2. The first-order chi connectivity index (χ1) is 17.7. The average molecular weight is 482 g/mol. The van der Waals surface area contributed by atoms with Crippen molar-refractivity contribution in [2.75, 3.05) is 38.2 Å². The molecule has 6 nitrogen and oxygen atoms in total. The molecule has 0 radical (unpaired) electrons. The number of nitrogens with zero attached hydrogens (tertiary/aromatic N) is 2. The van der Waals surface area contributed by atoms with Gasteiger partial charge in [-0.1, -0.05) is 36.4 Å². The molecule has 36 heavy (non-hydrogen) atoms. The molecule has 184 valence electrons. The summed E-state index contributed by atoms with van der Waals surface area (Å²) in [6.45, 7) is 5.53. The largest absolute Gasteiger partial charge is 0.379 e. The Morgan fingerprint density at radius 3 is 2.39 bits per heavy atom. The molecule has 4 aliphatic rings. The SMILES string of the molecule is O=C1C(Nc2ccccc2)=C(c2c3n(c4ccccc24)CC(CN2CCOCC2)C3)C(=O)C2CCC12. The van der Waals surface area contributed by atoms with Gasteiger partial charge in [0.15, 0.2) is 11.6 Å². The van der Waals surface area contributed by atoms with Crippen LogP contribution in [-0.4, -0.2) is 53.9 Å². The molecule has 3 atom stereocenters. The summed E-state index contributed by atoms with van der Waals surface area (Å²) < 4.78 is 7.95. The molecule has 1 aromatic heterocycles. The van der Waals surface area contributed by atoms with Gasteiger partial charge in [0, 0.05) is 65.9 Å². The highest BCUT2D eigenvalue weighted by molar-refractivity contribution is 6.34. The molecule has 1 saturated heterocycles. The van der Waals surface area contributed by atoms with Gasteiger partial charge in [0.05, 0.1) is 24.5 Å². The van der Waals surface area contributed by atoms with Gasteiger partial charge in [0.2, 0.25) is 0 Å². The zero-order chi connectivity index (χ0) is 24.2. The summed E-state index contributed by atoms with van der Waals surface area (Å²) in [7, 11) is 0. The van der Waals surface area contributed by atoms with Gasteiger partial charge in [-0.2, -0.15) is 0 Å². The van der Waals surface area contributed by atoms with E-state index < -0.39 is 0 Å². The summed E-state index contributed by atoms with van der Waals surface area (Å²) in [6, 6.07) is 18.2. The molecule has 6 heteroatoms. The van der Waals surface area contributed by atoms with Gasteiger partial charge in [0.1, 0.15) is 0 Å². The molecular formula is C30H31N3O3. The van der Waals surface area contributed by atoms with Crippen molar-refractivity contribution in [3.63, 3.8) is 0 Å². The number of carbonyl (C=O) groups excluding carboxylic acids is 2. The first kappa shape index (κ1) is 22.0. The van der Waals surface area contributed by atoms with Gasteiger partial charge in [-0.05, 0) is 43.4 Å². The number of morpholine rings is 1. The number of fused-ring (bicyclic) bond motifs is 4. The number of hydrogen-bond donors (Lipinski definition) is 1. The fourth-order valence-electron chi connectivity index (χ4n) is 6.71. The highest BCUT2D eigenvalue weighted by Gasteiger charge is 2.50. The van der Waals surface area contributed by atoms with Crippen LogP contribution in [0.5, 0.6) is 0 Å². The average Bonchev–Trinajstić information content (AvgIpc) is 3.41. The lowest BCUT2D eigenvalue weighted by molar-refractivity contribution is -0.134. The third-order valence-electron chi connectivity index (χ3n) is 8.61. The summed E-state index contributed by atoms with van der Waals surface area (Å²) in [6.07, 6.45) is 2.53. The minimum Gasteiger partial charge on any atom is -0.379 e. The Labute approximate surface area is 210 Å². The van der Waals surface area contributed by atoms with Crippen LogP contribution < -0.4 is 5.32 Å². The predicted octanol–water partition coefficient (Wildman–Crippen LogP) is 4.15. The summed E-state index contributed by atoms with van der Waals surface area (Å²) in [5.74, 6) is 0.368. The zero-order valence-electron chi connectivity index (χ0n) is 20.4. The van der Waals surface area contributed by atoms with E-state index in [4.69, 9.17) is 4.74 Å². The van der Waals surface area contributed by atoms with Crippen LogP contribution >= 0.6 is 0 Å². The lowest BCUT2D eigenvalue weighted by Gasteiger charge is -2.40. The van der Waals surface area contributed by atoms with E-state index in [1.54, 1.807) is 0 Å². The van der Waals surface area contributed by atoms with Gasteiger partial charge in [-0.25, -0.2) is 0 Å². The van der Waals surface area contributed by atoms with E-state index in [2.05, 4.69) is 33.0 Å². The van der Waals surface area contributed by atoms with E-state index in [0.29, 0.717) is 17.2 Å². The third-order valence-corrected chi connectivity index (χ3v) is 8.61. The van der Waals surface area contributed by atoms with Gasteiger partial charge >= 0.3 is 0 Å². The van der Waals surface area contributed by atoms with Crippen molar-refractivity contribution in [2.45, 2.75) is 25.8 Å². The van der Waals surface area contributed by atoms with Crippen LogP contribution in [0, 0.1) is 17.8 Å². The number of aromatic nitrogens is 1. The molecule has 0 bridgehead atoms. The van der Waals surface area contributed by atoms with Crippen LogP contribution in [-0.2, 0) is 27.3 Å². The van der Waals surface area contributed by atoms with Crippen LogP contribution in [0.25, 0.3) is 16.5 Å². The minimum absolute atomic E-state index is 0.0941. The van der Waals surface area contributed by atoms with Crippen molar-refractivity contribution >= 4 is 33.7 Å². The van der Waals surface area contributed by atoms with E-state index in [0.717, 1.165) is 80.8 Å². The van der Waals surface area contributed by atoms with Gasteiger partial charge in [0.25, 0.3) is 0 Å². The van der Waals surface area contributed by atoms with Crippen LogP contribution in [0.1, 0.15) is 24.1 Å². The second-order valence-electron chi connectivity index (χ2n) is 10.7. The van der Waals surface area contributed by atoms with Crippen molar-refractivity contribution in [3.8, 4) is 0 Å². The summed E-state index contributed by atoms with van der Waals surface area (Å²) in [5.41, 5.74) is 5.29. The smallest absolute Gasteiger partial charge is 0.183 e. The molecular weight excluding hydrogens is 450 g/mol. The fourth-order valence-corrected chi connectivity index (χ4v) is 6.71. The first-order valence-corrected chi connectivity index (χ1v) is 13.2. The van der Waals surface area contributed by atoms with Crippen molar-refractivity contribution in [3.05, 3.63) is 71.6 Å². The molecule has 3 aromatic rings. The Balaban J connectivity index is 1.36. The number of Topliss-reactive ketones (excluding diaryl/α,β-unsaturated/α-hetero) is 2. The number of nitrogens with one attached hydrogen (secondary N) is 1.